The van der Waals surface area contributed by atoms with Crippen molar-refractivity contribution in [2.45, 2.75) is 46.3 Å². The van der Waals surface area contributed by atoms with Gasteiger partial charge in [0.15, 0.2) is 0 Å². The summed E-state index contributed by atoms with van der Waals surface area (Å²) in [6.45, 7) is 8.53. The second kappa shape index (κ2) is 4.07. The monoisotopic (exact) mass is 159 g/mol. The van der Waals surface area contributed by atoms with Crippen molar-refractivity contribution in [3.63, 3.8) is 0 Å². The highest BCUT2D eigenvalue weighted by Crippen LogP contribution is 2.24. The zero-order chi connectivity index (χ0) is 9.07. The summed E-state index contributed by atoms with van der Waals surface area (Å²) in [6, 6.07) is 0.153. The van der Waals surface area contributed by atoms with Crippen LogP contribution in [-0.2, 0) is 4.74 Å². The molecule has 0 heterocycles. The molecule has 0 saturated heterocycles. The molecule has 0 saturated carbocycles. The number of rotatable bonds is 3. The smallest absolute Gasteiger partial charge is 0.0770 e. The molecule has 0 aromatic rings. The molecule has 2 atom stereocenters. The number of hydrogen-bond donors (Lipinski definition) is 1. The predicted octanol–water partition coefficient (Wildman–Crippen LogP) is 1.78. The molecule has 0 radical (unpaired) electrons. The summed E-state index contributed by atoms with van der Waals surface area (Å²) in [7, 11) is 1.73. The van der Waals surface area contributed by atoms with Crippen molar-refractivity contribution >= 4 is 0 Å². The molecule has 0 fully saturated rings. The molecule has 0 aliphatic heterocycles. The summed E-state index contributed by atoms with van der Waals surface area (Å²) < 4.78 is 5.34. The molecule has 0 rings (SSSR count). The van der Waals surface area contributed by atoms with Crippen molar-refractivity contribution in [3.8, 4) is 0 Å². The van der Waals surface area contributed by atoms with Gasteiger partial charge >= 0.3 is 0 Å². The Labute approximate surface area is 70.1 Å². The van der Waals surface area contributed by atoms with E-state index in [9.17, 15) is 0 Å². The van der Waals surface area contributed by atoms with E-state index in [2.05, 4.69) is 27.7 Å². The number of nitrogens with two attached hydrogens (primary N) is 1. The van der Waals surface area contributed by atoms with E-state index < -0.39 is 0 Å². The van der Waals surface area contributed by atoms with Gasteiger partial charge in [0, 0.05) is 13.2 Å². The van der Waals surface area contributed by atoms with Crippen LogP contribution in [0.4, 0.5) is 0 Å². The highest BCUT2D eigenvalue weighted by atomic mass is 16.5. The van der Waals surface area contributed by atoms with Crippen LogP contribution >= 0.6 is 0 Å². The van der Waals surface area contributed by atoms with E-state index in [-0.39, 0.29) is 17.6 Å². The lowest BCUT2D eigenvalue weighted by Gasteiger charge is -2.33. The number of ether oxygens (including phenoxy) is 1. The zero-order valence-electron chi connectivity index (χ0n) is 8.35. The summed E-state index contributed by atoms with van der Waals surface area (Å²) in [4.78, 5) is 0. The SMILES string of the molecule is CC[C@H](N)C(OC)C(C)(C)C. The molecule has 2 heteroatoms. The topological polar surface area (TPSA) is 35.2 Å². The van der Waals surface area contributed by atoms with Crippen LogP contribution in [0.15, 0.2) is 0 Å². The van der Waals surface area contributed by atoms with Gasteiger partial charge in [-0.25, -0.2) is 0 Å². The Morgan fingerprint density at radius 1 is 1.36 bits per heavy atom. The Balaban J connectivity index is 4.16. The van der Waals surface area contributed by atoms with Gasteiger partial charge in [0.05, 0.1) is 6.10 Å². The number of hydrogen-bond acceptors (Lipinski definition) is 2. The van der Waals surface area contributed by atoms with E-state index in [0.29, 0.717) is 0 Å². The zero-order valence-corrected chi connectivity index (χ0v) is 8.35. The van der Waals surface area contributed by atoms with E-state index in [0.717, 1.165) is 6.42 Å². The maximum Gasteiger partial charge on any atom is 0.0770 e. The van der Waals surface area contributed by atoms with Gasteiger partial charge in [0.25, 0.3) is 0 Å². The average Bonchev–Trinajstić information content (AvgIpc) is 1.86. The van der Waals surface area contributed by atoms with Gasteiger partial charge in [-0.15, -0.1) is 0 Å². The van der Waals surface area contributed by atoms with Crippen LogP contribution in [0, 0.1) is 5.41 Å². The van der Waals surface area contributed by atoms with Crippen LogP contribution in [0.1, 0.15) is 34.1 Å². The van der Waals surface area contributed by atoms with E-state index in [1.54, 1.807) is 7.11 Å². The van der Waals surface area contributed by atoms with E-state index >= 15 is 0 Å². The molecule has 0 spiro atoms. The van der Waals surface area contributed by atoms with E-state index in [1.165, 1.54) is 0 Å². The summed E-state index contributed by atoms with van der Waals surface area (Å²) in [5, 5.41) is 0. The molecular weight excluding hydrogens is 138 g/mol. The molecule has 68 valence electrons. The van der Waals surface area contributed by atoms with Crippen molar-refractivity contribution in [1.29, 1.82) is 0 Å². The van der Waals surface area contributed by atoms with E-state index in [1.807, 2.05) is 0 Å². The molecule has 0 aliphatic rings. The van der Waals surface area contributed by atoms with Gasteiger partial charge in [0.1, 0.15) is 0 Å². The highest BCUT2D eigenvalue weighted by Gasteiger charge is 2.28. The van der Waals surface area contributed by atoms with Gasteiger partial charge in [0.2, 0.25) is 0 Å². The molecule has 0 bridgehead atoms. The fourth-order valence-corrected chi connectivity index (χ4v) is 1.38. The summed E-state index contributed by atoms with van der Waals surface area (Å²) >= 11 is 0. The first kappa shape index (κ1) is 10.9. The molecule has 1 unspecified atom stereocenters. The van der Waals surface area contributed by atoms with Crippen LogP contribution < -0.4 is 5.73 Å². The standard InChI is InChI=1S/C9H21NO/c1-6-7(10)8(11-5)9(2,3)4/h7-8H,6,10H2,1-5H3/t7-,8?/m0/s1. The lowest BCUT2D eigenvalue weighted by molar-refractivity contribution is -0.00252. The average molecular weight is 159 g/mol. The summed E-state index contributed by atoms with van der Waals surface area (Å²) in [5.74, 6) is 0. The molecule has 2 N–H and O–H groups in total. The Bertz CT molecular complexity index is 107. The minimum Gasteiger partial charge on any atom is -0.379 e. The first-order valence-electron chi connectivity index (χ1n) is 4.21. The molecule has 0 aromatic heterocycles. The normalized spacial score (nSPS) is 18.0. The van der Waals surface area contributed by atoms with Gasteiger partial charge in [-0.05, 0) is 11.8 Å². The lowest BCUT2D eigenvalue weighted by Crippen LogP contribution is -2.44. The number of methoxy groups -OCH3 is 1. The van der Waals surface area contributed by atoms with Crippen LogP contribution in [-0.4, -0.2) is 19.3 Å². The largest absolute Gasteiger partial charge is 0.379 e. The Kier molecular flexibility index (Phi) is 4.04. The van der Waals surface area contributed by atoms with Gasteiger partial charge in [-0.1, -0.05) is 27.7 Å². The molecule has 0 aromatic carbocycles. The molecule has 0 aliphatic carbocycles. The minimum atomic E-state index is 0.143. The third-order valence-corrected chi connectivity index (χ3v) is 1.97. The van der Waals surface area contributed by atoms with Crippen LogP contribution in [0.5, 0.6) is 0 Å². The summed E-state index contributed by atoms with van der Waals surface area (Å²) in [6.07, 6.45) is 1.13. The van der Waals surface area contributed by atoms with Crippen LogP contribution in [0.3, 0.4) is 0 Å². The fraction of sp³-hybridized carbons (Fsp3) is 1.00. The second-order valence-electron chi connectivity index (χ2n) is 4.09. The van der Waals surface area contributed by atoms with Gasteiger partial charge in [-0.2, -0.15) is 0 Å². The fourth-order valence-electron chi connectivity index (χ4n) is 1.38. The van der Waals surface area contributed by atoms with Crippen molar-refractivity contribution in [2.24, 2.45) is 11.1 Å². The third-order valence-electron chi connectivity index (χ3n) is 1.97. The Morgan fingerprint density at radius 3 is 1.91 bits per heavy atom. The van der Waals surface area contributed by atoms with Crippen molar-refractivity contribution < 1.29 is 4.74 Å². The van der Waals surface area contributed by atoms with E-state index in [4.69, 9.17) is 10.5 Å². The van der Waals surface area contributed by atoms with Crippen molar-refractivity contribution in [3.05, 3.63) is 0 Å². The first-order valence-corrected chi connectivity index (χ1v) is 4.21. The first-order chi connectivity index (χ1) is 4.93. The van der Waals surface area contributed by atoms with Crippen LogP contribution in [0.2, 0.25) is 0 Å². The summed E-state index contributed by atoms with van der Waals surface area (Å²) in [5.41, 5.74) is 6.03. The van der Waals surface area contributed by atoms with Crippen molar-refractivity contribution in [1.82, 2.24) is 0 Å². The minimum absolute atomic E-state index is 0.143. The Morgan fingerprint density at radius 2 is 1.82 bits per heavy atom. The molecule has 0 amide bonds. The maximum atomic E-state index is 5.89. The van der Waals surface area contributed by atoms with Crippen LogP contribution in [0.25, 0.3) is 0 Å². The third kappa shape index (κ3) is 3.21. The predicted molar refractivity (Wildman–Crippen MR) is 48.5 cm³/mol. The second-order valence-corrected chi connectivity index (χ2v) is 4.09. The Hall–Kier alpha value is -0.0800. The lowest BCUT2D eigenvalue weighted by atomic mass is 9.84. The van der Waals surface area contributed by atoms with Crippen molar-refractivity contribution in [2.75, 3.05) is 7.11 Å². The molecule has 11 heavy (non-hydrogen) atoms. The maximum absolute atomic E-state index is 5.89. The van der Waals surface area contributed by atoms with Gasteiger partial charge < -0.3 is 10.5 Å². The molecule has 2 nitrogen and oxygen atoms in total. The van der Waals surface area contributed by atoms with Gasteiger partial charge in [-0.3, -0.25) is 0 Å². The highest BCUT2D eigenvalue weighted by molar-refractivity contribution is 4.82. The molecular formula is C9H21NO. The quantitative estimate of drug-likeness (QED) is 0.681.